The van der Waals surface area contributed by atoms with Gasteiger partial charge in [-0.3, -0.25) is 9.78 Å². The lowest BCUT2D eigenvalue weighted by molar-refractivity contribution is -0.113. The van der Waals surface area contributed by atoms with E-state index >= 15 is 0 Å². The number of aromatic nitrogens is 3. The number of nitrogens with zero attached hydrogens (tertiary/aromatic N) is 3. The highest BCUT2D eigenvalue weighted by Crippen LogP contribution is 2.23. The maximum absolute atomic E-state index is 12.1. The molecule has 0 atom stereocenters. The number of rotatable bonds is 6. The maximum atomic E-state index is 12.1. The van der Waals surface area contributed by atoms with Crippen molar-refractivity contribution in [2.24, 2.45) is 0 Å². The molecule has 0 unspecified atom stereocenters. The zero-order valence-electron chi connectivity index (χ0n) is 13.7. The van der Waals surface area contributed by atoms with Crippen molar-refractivity contribution in [3.63, 3.8) is 0 Å². The highest BCUT2D eigenvalue weighted by atomic mass is 32.2. The molecule has 0 saturated heterocycles. The maximum Gasteiger partial charge on any atom is 0.277 e. The summed E-state index contributed by atoms with van der Waals surface area (Å²) in [6.07, 6.45) is 1.65. The van der Waals surface area contributed by atoms with E-state index in [1.807, 2.05) is 25.1 Å². The zero-order valence-corrected chi connectivity index (χ0v) is 14.5. The summed E-state index contributed by atoms with van der Waals surface area (Å²) in [4.78, 5) is 16.2. The van der Waals surface area contributed by atoms with E-state index in [1.165, 1.54) is 11.8 Å². The molecule has 0 spiro atoms. The molecule has 0 saturated carbocycles. The first-order valence-corrected chi connectivity index (χ1v) is 8.46. The van der Waals surface area contributed by atoms with Crippen molar-refractivity contribution < 1.29 is 13.9 Å². The van der Waals surface area contributed by atoms with E-state index in [0.29, 0.717) is 16.8 Å². The lowest BCUT2D eigenvalue weighted by Crippen LogP contribution is -2.14. The second-order valence-electron chi connectivity index (χ2n) is 5.11. The molecule has 1 N–H and O–H groups in total. The van der Waals surface area contributed by atoms with Gasteiger partial charge in [0.1, 0.15) is 11.4 Å². The van der Waals surface area contributed by atoms with E-state index in [1.54, 1.807) is 31.5 Å². The number of amides is 1. The standard InChI is InChI=1S/C17H16N4O3S/c1-11-9-12(23-2)6-7-13(11)19-15(22)10-25-17-21-20-16(24-17)14-5-3-4-8-18-14/h3-9H,10H2,1-2H3,(H,19,22). The van der Waals surface area contributed by atoms with Crippen LogP contribution in [0.15, 0.2) is 52.2 Å². The van der Waals surface area contributed by atoms with Crippen molar-refractivity contribution in [2.45, 2.75) is 12.1 Å². The van der Waals surface area contributed by atoms with Gasteiger partial charge < -0.3 is 14.5 Å². The fourth-order valence-electron chi connectivity index (χ4n) is 2.08. The lowest BCUT2D eigenvalue weighted by atomic mass is 10.2. The Morgan fingerprint density at radius 1 is 1.28 bits per heavy atom. The number of pyridine rings is 1. The van der Waals surface area contributed by atoms with Crippen LogP contribution in [0.5, 0.6) is 5.75 Å². The lowest BCUT2D eigenvalue weighted by Gasteiger charge is -2.09. The smallest absolute Gasteiger partial charge is 0.277 e. The summed E-state index contributed by atoms with van der Waals surface area (Å²) in [5.74, 6) is 1.08. The number of methoxy groups -OCH3 is 1. The molecule has 0 aliphatic carbocycles. The quantitative estimate of drug-likeness (QED) is 0.678. The van der Waals surface area contributed by atoms with Crippen LogP contribution in [0.25, 0.3) is 11.6 Å². The van der Waals surface area contributed by atoms with Crippen molar-refractivity contribution in [3.8, 4) is 17.3 Å². The minimum Gasteiger partial charge on any atom is -0.497 e. The van der Waals surface area contributed by atoms with Gasteiger partial charge in [0, 0.05) is 11.9 Å². The fourth-order valence-corrected chi connectivity index (χ4v) is 2.64. The van der Waals surface area contributed by atoms with Crippen molar-refractivity contribution in [3.05, 3.63) is 48.2 Å². The van der Waals surface area contributed by atoms with Crippen LogP contribution in [0.3, 0.4) is 0 Å². The number of aryl methyl sites for hydroxylation is 1. The predicted octanol–water partition coefficient (Wildman–Crippen LogP) is 3.18. The summed E-state index contributed by atoms with van der Waals surface area (Å²) in [5.41, 5.74) is 2.26. The number of nitrogens with one attached hydrogen (secondary N) is 1. The van der Waals surface area contributed by atoms with Crippen LogP contribution in [0.2, 0.25) is 0 Å². The van der Waals surface area contributed by atoms with Crippen molar-refractivity contribution >= 4 is 23.4 Å². The van der Waals surface area contributed by atoms with E-state index in [-0.39, 0.29) is 11.7 Å². The third-order valence-corrected chi connectivity index (χ3v) is 4.14. The Morgan fingerprint density at radius 2 is 2.16 bits per heavy atom. The Kier molecular flexibility index (Phi) is 5.30. The van der Waals surface area contributed by atoms with Crippen molar-refractivity contribution in [1.29, 1.82) is 0 Å². The number of carbonyl (C=O) groups excluding carboxylic acids is 1. The number of anilines is 1. The first kappa shape index (κ1) is 17.0. The van der Waals surface area contributed by atoms with Gasteiger partial charge in [-0.2, -0.15) is 0 Å². The third-order valence-electron chi connectivity index (χ3n) is 3.32. The normalized spacial score (nSPS) is 10.5. The molecule has 3 aromatic rings. The predicted molar refractivity (Wildman–Crippen MR) is 94.6 cm³/mol. The Bertz CT molecular complexity index is 867. The van der Waals surface area contributed by atoms with E-state index < -0.39 is 0 Å². The number of hydrogen-bond donors (Lipinski definition) is 1. The topological polar surface area (TPSA) is 90.1 Å². The average molecular weight is 356 g/mol. The Balaban J connectivity index is 1.57. The second-order valence-corrected chi connectivity index (χ2v) is 6.03. The average Bonchev–Trinajstić information content (AvgIpc) is 3.11. The molecular formula is C17H16N4O3S. The summed E-state index contributed by atoms with van der Waals surface area (Å²) in [5, 5.41) is 11.0. The summed E-state index contributed by atoms with van der Waals surface area (Å²) in [7, 11) is 1.60. The third kappa shape index (κ3) is 4.36. The summed E-state index contributed by atoms with van der Waals surface area (Å²) >= 11 is 1.17. The number of ether oxygens (including phenoxy) is 1. The van der Waals surface area contributed by atoms with Gasteiger partial charge in [-0.1, -0.05) is 17.8 Å². The first-order chi connectivity index (χ1) is 12.2. The molecule has 1 amide bonds. The molecule has 2 aromatic heterocycles. The molecular weight excluding hydrogens is 340 g/mol. The molecule has 128 valence electrons. The molecule has 0 fully saturated rings. The van der Waals surface area contributed by atoms with E-state index in [4.69, 9.17) is 9.15 Å². The SMILES string of the molecule is COc1ccc(NC(=O)CSc2nnc(-c3ccccn3)o2)c(C)c1. The Labute approximate surface area is 148 Å². The molecule has 2 heterocycles. The summed E-state index contributed by atoms with van der Waals surface area (Å²) in [6, 6.07) is 10.9. The summed E-state index contributed by atoms with van der Waals surface area (Å²) in [6.45, 7) is 1.91. The largest absolute Gasteiger partial charge is 0.497 e. The molecule has 0 radical (unpaired) electrons. The van der Waals surface area contributed by atoms with Gasteiger partial charge in [-0.05, 0) is 42.8 Å². The van der Waals surface area contributed by atoms with Crippen LogP contribution in [0.1, 0.15) is 5.56 Å². The van der Waals surface area contributed by atoms with Gasteiger partial charge in [0.25, 0.3) is 11.1 Å². The van der Waals surface area contributed by atoms with Crippen molar-refractivity contribution in [1.82, 2.24) is 15.2 Å². The van der Waals surface area contributed by atoms with Crippen LogP contribution < -0.4 is 10.1 Å². The van der Waals surface area contributed by atoms with Crippen molar-refractivity contribution in [2.75, 3.05) is 18.2 Å². The number of carbonyl (C=O) groups is 1. The number of thioether (sulfide) groups is 1. The molecule has 0 aliphatic heterocycles. The van der Waals surface area contributed by atoms with Gasteiger partial charge in [-0.15, -0.1) is 10.2 Å². The van der Waals surface area contributed by atoms with Crippen LogP contribution in [-0.4, -0.2) is 34.0 Å². The molecule has 8 heteroatoms. The fraction of sp³-hybridized carbons (Fsp3) is 0.176. The monoisotopic (exact) mass is 356 g/mol. The van der Waals surface area contributed by atoms with Gasteiger partial charge in [0.2, 0.25) is 5.91 Å². The van der Waals surface area contributed by atoms with Crippen LogP contribution >= 0.6 is 11.8 Å². The highest BCUT2D eigenvalue weighted by molar-refractivity contribution is 7.99. The van der Waals surface area contributed by atoms with Crippen LogP contribution in [0, 0.1) is 6.92 Å². The number of benzene rings is 1. The molecule has 25 heavy (non-hydrogen) atoms. The molecule has 3 rings (SSSR count). The molecule has 0 bridgehead atoms. The minimum absolute atomic E-state index is 0.157. The van der Waals surface area contributed by atoms with Crippen LogP contribution in [-0.2, 0) is 4.79 Å². The Morgan fingerprint density at radius 3 is 2.88 bits per heavy atom. The first-order valence-electron chi connectivity index (χ1n) is 7.48. The summed E-state index contributed by atoms with van der Waals surface area (Å²) < 4.78 is 10.7. The molecule has 1 aromatic carbocycles. The second kappa shape index (κ2) is 7.80. The van der Waals surface area contributed by atoms with Gasteiger partial charge >= 0.3 is 0 Å². The number of hydrogen-bond acceptors (Lipinski definition) is 7. The zero-order chi connectivity index (χ0) is 17.6. The van der Waals surface area contributed by atoms with Crippen LogP contribution in [0.4, 0.5) is 5.69 Å². The van der Waals surface area contributed by atoms with E-state index in [2.05, 4.69) is 20.5 Å². The van der Waals surface area contributed by atoms with E-state index in [0.717, 1.165) is 17.0 Å². The molecule has 0 aliphatic rings. The Hall–Kier alpha value is -2.87. The minimum atomic E-state index is -0.157. The van der Waals surface area contributed by atoms with Gasteiger partial charge in [-0.25, -0.2) is 0 Å². The highest BCUT2D eigenvalue weighted by Gasteiger charge is 2.12. The van der Waals surface area contributed by atoms with Gasteiger partial charge in [0.15, 0.2) is 0 Å². The van der Waals surface area contributed by atoms with E-state index in [9.17, 15) is 4.79 Å². The molecule has 7 nitrogen and oxygen atoms in total. The van der Waals surface area contributed by atoms with Gasteiger partial charge in [0.05, 0.1) is 12.9 Å².